The molecule has 2 aromatic heterocycles. The first-order valence-corrected chi connectivity index (χ1v) is 11.6. The summed E-state index contributed by atoms with van der Waals surface area (Å²) in [5.74, 6) is 2.11. The number of methoxy groups -OCH3 is 1. The number of anilines is 3. The van der Waals surface area contributed by atoms with E-state index in [2.05, 4.69) is 25.5 Å². The van der Waals surface area contributed by atoms with Crippen LogP contribution in [0.3, 0.4) is 0 Å². The third kappa shape index (κ3) is 4.88. The SMILES string of the molecule is COc1c(OCCCN2CCOCC2)ccc2c3[n+](c(NC(=O)c4cnc(N)nc4)nc12)CCN3. The van der Waals surface area contributed by atoms with E-state index in [0.29, 0.717) is 36.1 Å². The van der Waals surface area contributed by atoms with Gasteiger partial charge in [0.15, 0.2) is 17.0 Å². The van der Waals surface area contributed by atoms with Crippen molar-refractivity contribution in [2.75, 3.05) is 69.5 Å². The van der Waals surface area contributed by atoms with Crippen molar-refractivity contribution in [3.05, 3.63) is 30.1 Å². The van der Waals surface area contributed by atoms with Gasteiger partial charge in [0.2, 0.25) is 11.8 Å². The second kappa shape index (κ2) is 10.2. The molecule has 2 aliphatic rings. The average molecular weight is 482 g/mol. The maximum Gasteiger partial charge on any atom is 0.355 e. The number of carbonyl (C=O) groups excluding carboxylic acids is 1. The Bertz CT molecular complexity index is 1210. The zero-order valence-corrected chi connectivity index (χ0v) is 19.6. The summed E-state index contributed by atoms with van der Waals surface area (Å²) in [4.78, 5) is 27.7. The molecule has 0 bridgehead atoms. The number of hydrogen-bond donors (Lipinski definition) is 3. The van der Waals surface area contributed by atoms with E-state index >= 15 is 0 Å². The summed E-state index contributed by atoms with van der Waals surface area (Å²) < 4.78 is 19.1. The van der Waals surface area contributed by atoms with E-state index in [-0.39, 0.29) is 17.4 Å². The summed E-state index contributed by atoms with van der Waals surface area (Å²) in [5.41, 5.74) is 6.41. The van der Waals surface area contributed by atoms with Gasteiger partial charge in [-0.05, 0) is 18.6 Å². The van der Waals surface area contributed by atoms with Crippen LogP contribution in [-0.4, -0.2) is 78.9 Å². The minimum atomic E-state index is -0.382. The molecule has 1 amide bonds. The molecule has 0 spiro atoms. The van der Waals surface area contributed by atoms with Gasteiger partial charge < -0.3 is 25.3 Å². The number of aromatic nitrogens is 4. The molecule has 0 atom stereocenters. The molecule has 4 N–H and O–H groups in total. The van der Waals surface area contributed by atoms with Crippen molar-refractivity contribution in [3.8, 4) is 11.5 Å². The van der Waals surface area contributed by atoms with E-state index in [0.717, 1.165) is 57.0 Å². The lowest BCUT2D eigenvalue weighted by atomic mass is 10.2. The van der Waals surface area contributed by atoms with Crippen LogP contribution in [0.15, 0.2) is 24.5 Å². The summed E-state index contributed by atoms with van der Waals surface area (Å²) in [7, 11) is 1.59. The molecule has 5 rings (SSSR count). The molecule has 2 aliphatic heterocycles. The van der Waals surface area contributed by atoms with Gasteiger partial charge in [-0.1, -0.05) is 0 Å². The van der Waals surface area contributed by atoms with Gasteiger partial charge in [0, 0.05) is 32.0 Å². The van der Waals surface area contributed by atoms with Crippen LogP contribution in [0, 0.1) is 0 Å². The number of benzene rings is 1. The Kier molecular flexibility index (Phi) is 6.73. The summed E-state index contributed by atoms with van der Waals surface area (Å²) in [6.45, 7) is 6.36. The highest BCUT2D eigenvalue weighted by Gasteiger charge is 2.29. The highest BCUT2D eigenvalue weighted by Crippen LogP contribution is 2.37. The Morgan fingerprint density at radius 3 is 2.86 bits per heavy atom. The molecule has 1 aromatic carbocycles. The quantitative estimate of drug-likeness (QED) is 0.311. The van der Waals surface area contributed by atoms with Gasteiger partial charge in [0.1, 0.15) is 0 Å². The van der Waals surface area contributed by atoms with Gasteiger partial charge in [-0.15, -0.1) is 4.98 Å². The Hall–Kier alpha value is -3.77. The molecule has 35 heavy (non-hydrogen) atoms. The van der Waals surface area contributed by atoms with Crippen molar-refractivity contribution in [1.82, 2.24) is 19.9 Å². The minimum absolute atomic E-state index is 0.104. The van der Waals surface area contributed by atoms with Crippen LogP contribution in [0.25, 0.3) is 10.9 Å². The number of nitrogens with zero attached hydrogens (tertiary/aromatic N) is 5. The summed E-state index contributed by atoms with van der Waals surface area (Å²) in [6, 6.07) is 3.87. The largest absolute Gasteiger partial charge is 0.490 e. The van der Waals surface area contributed by atoms with Crippen molar-refractivity contribution in [2.24, 2.45) is 0 Å². The fourth-order valence-corrected chi connectivity index (χ4v) is 4.30. The van der Waals surface area contributed by atoms with Gasteiger partial charge in [-0.25, -0.2) is 19.9 Å². The molecule has 12 heteroatoms. The van der Waals surface area contributed by atoms with Crippen molar-refractivity contribution in [3.63, 3.8) is 0 Å². The van der Waals surface area contributed by atoms with Crippen LogP contribution in [0.2, 0.25) is 0 Å². The number of amides is 1. The Morgan fingerprint density at radius 1 is 1.29 bits per heavy atom. The third-order valence-electron chi connectivity index (χ3n) is 6.07. The van der Waals surface area contributed by atoms with Gasteiger partial charge in [-0.3, -0.25) is 9.69 Å². The zero-order chi connectivity index (χ0) is 24.2. The second-order valence-corrected chi connectivity index (χ2v) is 8.30. The van der Waals surface area contributed by atoms with E-state index in [1.54, 1.807) is 7.11 Å². The van der Waals surface area contributed by atoms with E-state index < -0.39 is 0 Å². The lowest BCUT2D eigenvalue weighted by Crippen LogP contribution is -2.38. The fourth-order valence-electron chi connectivity index (χ4n) is 4.30. The van der Waals surface area contributed by atoms with Crippen molar-refractivity contribution < 1.29 is 23.6 Å². The first-order valence-electron chi connectivity index (χ1n) is 11.6. The summed E-state index contributed by atoms with van der Waals surface area (Å²) in [6.07, 6.45) is 3.65. The molecule has 0 saturated carbocycles. The lowest BCUT2D eigenvalue weighted by Gasteiger charge is -2.26. The van der Waals surface area contributed by atoms with Crippen molar-refractivity contribution in [2.45, 2.75) is 13.0 Å². The molecular weight excluding hydrogens is 452 g/mol. The summed E-state index contributed by atoms with van der Waals surface area (Å²) in [5, 5.41) is 7.13. The minimum Gasteiger partial charge on any atom is -0.490 e. The molecule has 0 radical (unpaired) electrons. The number of carbonyl (C=O) groups is 1. The Labute approximate surface area is 202 Å². The van der Waals surface area contributed by atoms with Crippen LogP contribution < -0.4 is 30.4 Å². The standard InChI is InChI=1S/C23H28N8O4/c1-33-19-17(35-10-2-6-30-8-11-34-12-9-30)4-3-16-18(19)28-23(31-7-5-25-20(16)31)29-21(32)15-13-26-22(24)27-14-15/h3-4,13-14H,2,5-12H2,1H3,(H3,24,25,26,27,28,29,32)/p+1. The summed E-state index contributed by atoms with van der Waals surface area (Å²) >= 11 is 0. The first kappa shape index (κ1) is 23.0. The van der Waals surface area contributed by atoms with Crippen LogP contribution in [0.1, 0.15) is 16.8 Å². The molecule has 184 valence electrons. The zero-order valence-electron chi connectivity index (χ0n) is 19.6. The van der Waals surface area contributed by atoms with E-state index in [9.17, 15) is 4.79 Å². The van der Waals surface area contributed by atoms with E-state index in [1.165, 1.54) is 12.4 Å². The normalized spacial score (nSPS) is 15.5. The molecule has 12 nitrogen and oxygen atoms in total. The topological polar surface area (TPSA) is 141 Å². The molecule has 4 heterocycles. The Balaban J connectivity index is 1.38. The van der Waals surface area contributed by atoms with Crippen LogP contribution in [0.5, 0.6) is 11.5 Å². The lowest BCUT2D eigenvalue weighted by molar-refractivity contribution is -0.657. The van der Waals surface area contributed by atoms with Gasteiger partial charge in [0.25, 0.3) is 0 Å². The molecule has 0 unspecified atom stereocenters. The number of hydrogen-bond acceptors (Lipinski definition) is 10. The predicted molar refractivity (Wildman–Crippen MR) is 129 cm³/mol. The van der Waals surface area contributed by atoms with E-state index in [1.807, 2.05) is 16.7 Å². The van der Waals surface area contributed by atoms with Crippen LogP contribution >= 0.6 is 0 Å². The fraction of sp³-hybridized carbons (Fsp3) is 0.435. The number of morpholine rings is 1. The molecular formula is C23H29N8O4+. The van der Waals surface area contributed by atoms with Crippen LogP contribution in [-0.2, 0) is 11.3 Å². The van der Waals surface area contributed by atoms with Crippen molar-refractivity contribution in [1.29, 1.82) is 0 Å². The highest BCUT2D eigenvalue weighted by atomic mass is 16.5. The van der Waals surface area contributed by atoms with Gasteiger partial charge in [0.05, 0.1) is 51.0 Å². The number of nitrogen functional groups attached to an aromatic ring is 1. The maximum absolute atomic E-state index is 12.8. The molecule has 1 saturated heterocycles. The number of nitrogens with two attached hydrogens (primary N) is 1. The Morgan fingerprint density at radius 2 is 2.09 bits per heavy atom. The number of nitrogens with one attached hydrogen (secondary N) is 2. The second-order valence-electron chi connectivity index (χ2n) is 8.30. The average Bonchev–Trinajstić information content (AvgIpc) is 3.38. The van der Waals surface area contributed by atoms with Crippen molar-refractivity contribution >= 4 is 34.5 Å². The number of rotatable bonds is 8. The smallest absolute Gasteiger partial charge is 0.355 e. The third-order valence-corrected chi connectivity index (χ3v) is 6.07. The molecule has 3 aromatic rings. The first-order chi connectivity index (χ1) is 17.1. The number of ether oxygens (including phenoxy) is 3. The number of fused-ring (bicyclic) bond motifs is 3. The van der Waals surface area contributed by atoms with Gasteiger partial charge in [-0.2, -0.15) is 0 Å². The molecule has 1 fully saturated rings. The van der Waals surface area contributed by atoms with Gasteiger partial charge >= 0.3 is 11.9 Å². The maximum atomic E-state index is 12.8. The van der Waals surface area contributed by atoms with Crippen LogP contribution in [0.4, 0.5) is 17.7 Å². The molecule has 0 aliphatic carbocycles. The van der Waals surface area contributed by atoms with E-state index in [4.69, 9.17) is 24.9 Å². The highest BCUT2D eigenvalue weighted by molar-refractivity contribution is 6.03. The monoisotopic (exact) mass is 481 g/mol. The predicted octanol–water partition coefficient (Wildman–Crippen LogP) is 0.682.